The Kier molecular flexibility index (Phi) is 29.8. The molecule has 15 heteroatoms. The Labute approximate surface area is 482 Å². The predicted octanol–water partition coefficient (Wildman–Crippen LogP) is 9.86. The van der Waals surface area contributed by atoms with Crippen molar-refractivity contribution in [2.24, 2.45) is 23.7 Å². The summed E-state index contributed by atoms with van der Waals surface area (Å²) in [5.74, 6) is 1.43. The minimum Gasteiger partial charge on any atom is -0.313 e. The van der Waals surface area contributed by atoms with Crippen LogP contribution in [0.25, 0.3) is 0 Å². The van der Waals surface area contributed by atoms with E-state index in [2.05, 4.69) is 146 Å². The molecule has 5 rings (SSSR count). The van der Waals surface area contributed by atoms with Gasteiger partial charge in [0.25, 0.3) is 0 Å². The number of likely N-dealkylation sites (N-methyl/N-ethyl adjacent to an activating group) is 6. The van der Waals surface area contributed by atoms with Gasteiger partial charge in [-0.05, 0) is 174 Å². The summed E-state index contributed by atoms with van der Waals surface area (Å²) < 4.78 is 55.5. The van der Waals surface area contributed by atoms with Crippen molar-refractivity contribution in [3.05, 3.63) is 35.1 Å². The van der Waals surface area contributed by atoms with Gasteiger partial charge in [-0.25, -0.2) is 4.39 Å². The largest absolute Gasteiger partial charge is 0.419 e. The third-order valence-electron chi connectivity index (χ3n) is 19.6. The van der Waals surface area contributed by atoms with Crippen molar-refractivity contribution in [3.63, 3.8) is 0 Å². The van der Waals surface area contributed by atoms with Crippen molar-refractivity contribution in [1.29, 1.82) is 0 Å². The zero-order chi connectivity index (χ0) is 57.7. The summed E-state index contributed by atoms with van der Waals surface area (Å²) in [5.41, 5.74) is -0.461. The summed E-state index contributed by atoms with van der Waals surface area (Å²) in [6, 6.07) is 6.31. The number of hydrogen-bond donors (Lipinski definition) is 4. The van der Waals surface area contributed by atoms with Crippen molar-refractivity contribution in [1.82, 2.24) is 55.6 Å². The van der Waals surface area contributed by atoms with E-state index < -0.39 is 17.6 Å². The summed E-state index contributed by atoms with van der Waals surface area (Å²) in [4.78, 5) is 18.3. The molecule has 1 aromatic rings. The van der Waals surface area contributed by atoms with Crippen LogP contribution in [0.4, 0.5) is 17.6 Å². The van der Waals surface area contributed by atoms with Crippen molar-refractivity contribution in [2.45, 2.75) is 212 Å². The number of halogens is 4. The van der Waals surface area contributed by atoms with Gasteiger partial charge in [-0.3, -0.25) is 4.90 Å². The van der Waals surface area contributed by atoms with E-state index in [4.69, 9.17) is 0 Å². The van der Waals surface area contributed by atoms with E-state index in [1.807, 2.05) is 0 Å². The first-order valence-electron chi connectivity index (χ1n) is 32.2. The Morgan fingerprint density at radius 2 is 1.29 bits per heavy atom. The SMILES string of the molecule is CC[C@H](C)[C@H]1CN(C)CCN(C)CCN(C)[C@@H](CC2CCCCC2)CN(C)CCN[C@@H](CCc2ccc(C(F)(F)F)c(F)c2)CN2CCC[C@H]2CNC2(CCC2)CN(C)[C@@H](CC(C)C)CN[C@H](C)CCN(C)[C@@H](CC(C)C)CN1. The molecule has 2 saturated heterocycles. The lowest BCUT2D eigenvalue weighted by Gasteiger charge is -2.48. The topological polar surface area (TPSA) is 70.8 Å². The molecule has 2 saturated carbocycles. The smallest absolute Gasteiger partial charge is 0.313 e. The Bertz CT molecular complexity index is 1800. The van der Waals surface area contributed by atoms with Crippen LogP contribution in [0.15, 0.2) is 18.2 Å². The molecule has 2 heterocycles. The van der Waals surface area contributed by atoms with Crippen molar-refractivity contribution in [2.75, 3.05) is 140 Å². The average Bonchev–Trinajstić information content (AvgIpc) is 3.87. The van der Waals surface area contributed by atoms with Crippen LogP contribution in [0.5, 0.6) is 0 Å². The molecule has 460 valence electrons. The molecule has 8 atom stereocenters. The fraction of sp³-hybridized carbons (Fsp3) is 0.906. The lowest BCUT2D eigenvalue weighted by molar-refractivity contribution is -0.140. The number of hydrogen-bond acceptors (Lipinski definition) is 11. The van der Waals surface area contributed by atoms with Gasteiger partial charge in [0, 0.05) is 133 Å². The lowest BCUT2D eigenvalue weighted by atomic mass is 9.75. The highest BCUT2D eigenvalue weighted by Gasteiger charge is 2.40. The highest BCUT2D eigenvalue weighted by atomic mass is 19.4. The van der Waals surface area contributed by atoms with Crippen LogP contribution in [-0.2, 0) is 12.6 Å². The molecule has 1 spiro atoms. The number of fused-ring (bicyclic) bond motifs is 1. The van der Waals surface area contributed by atoms with E-state index in [9.17, 15) is 17.6 Å². The Morgan fingerprint density at radius 3 is 1.94 bits per heavy atom. The molecule has 4 aliphatic rings. The monoisotopic (exact) mass is 1120 g/mol. The van der Waals surface area contributed by atoms with Crippen LogP contribution >= 0.6 is 0 Å². The summed E-state index contributed by atoms with van der Waals surface area (Å²) in [5, 5.41) is 16.3. The molecule has 0 radical (unpaired) electrons. The van der Waals surface area contributed by atoms with Crippen molar-refractivity contribution < 1.29 is 17.6 Å². The van der Waals surface area contributed by atoms with Gasteiger partial charge < -0.3 is 50.7 Å². The van der Waals surface area contributed by atoms with Gasteiger partial charge in [-0.1, -0.05) is 86.1 Å². The number of alkyl halides is 3. The first-order chi connectivity index (χ1) is 37.5. The minimum atomic E-state index is -4.71. The molecule has 4 N–H and O–H groups in total. The van der Waals surface area contributed by atoms with Crippen LogP contribution in [-0.4, -0.2) is 223 Å². The van der Waals surface area contributed by atoms with Gasteiger partial charge in [0.2, 0.25) is 0 Å². The molecule has 0 bridgehead atoms. The fourth-order valence-corrected chi connectivity index (χ4v) is 13.6. The molecule has 11 nitrogen and oxygen atoms in total. The zero-order valence-corrected chi connectivity index (χ0v) is 52.9. The van der Waals surface area contributed by atoms with Gasteiger partial charge in [0.05, 0.1) is 5.56 Å². The Balaban J connectivity index is 1.34. The molecule has 0 amide bonds. The van der Waals surface area contributed by atoms with E-state index in [1.54, 1.807) is 0 Å². The maximum Gasteiger partial charge on any atom is 0.419 e. The van der Waals surface area contributed by atoms with Gasteiger partial charge >= 0.3 is 6.18 Å². The van der Waals surface area contributed by atoms with Crippen molar-refractivity contribution >= 4 is 0 Å². The van der Waals surface area contributed by atoms with Crippen LogP contribution in [0.2, 0.25) is 0 Å². The van der Waals surface area contributed by atoms with Gasteiger partial charge in [-0.2, -0.15) is 13.2 Å². The van der Waals surface area contributed by atoms with E-state index in [-0.39, 0.29) is 11.6 Å². The second-order valence-electron chi connectivity index (χ2n) is 27.5. The van der Waals surface area contributed by atoms with E-state index in [1.165, 1.54) is 76.7 Å². The number of rotatable bonds is 11. The number of nitrogens with zero attached hydrogens (tertiary/aromatic N) is 7. The first kappa shape index (κ1) is 68.3. The Hall–Kier alpha value is -1.50. The van der Waals surface area contributed by atoms with Crippen LogP contribution < -0.4 is 21.3 Å². The number of benzene rings is 1. The molecule has 0 aromatic heterocycles. The fourth-order valence-electron chi connectivity index (χ4n) is 13.6. The van der Waals surface area contributed by atoms with E-state index in [0.29, 0.717) is 66.0 Å². The molecular formula is C64H121F4N11. The highest BCUT2D eigenvalue weighted by Crippen LogP contribution is 2.35. The summed E-state index contributed by atoms with van der Waals surface area (Å²) in [6.45, 7) is 31.6. The van der Waals surface area contributed by atoms with E-state index in [0.717, 1.165) is 148 Å². The molecule has 2 aliphatic carbocycles. The third-order valence-corrected chi connectivity index (χ3v) is 19.6. The lowest BCUT2D eigenvalue weighted by Crippen LogP contribution is -2.61. The molecule has 4 fully saturated rings. The number of aryl methyl sites for hydroxylation is 1. The second kappa shape index (κ2) is 34.5. The van der Waals surface area contributed by atoms with Crippen LogP contribution in [0, 0.1) is 29.5 Å². The molecule has 1 aromatic carbocycles. The van der Waals surface area contributed by atoms with Gasteiger partial charge in [0.1, 0.15) is 5.82 Å². The summed E-state index contributed by atoms with van der Waals surface area (Å²) in [6.07, 6.45) is 15.1. The normalized spacial score (nSPS) is 29.9. The van der Waals surface area contributed by atoms with Crippen LogP contribution in [0.1, 0.15) is 162 Å². The predicted molar refractivity (Wildman–Crippen MR) is 326 cm³/mol. The molecule has 0 unspecified atom stereocenters. The van der Waals surface area contributed by atoms with Gasteiger partial charge in [0.15, 0.2) is 0 Å². The van der Waals surface area contributed by atoms with Crippen LogP contribution in [0.3, 0.4) is 0 Å². The average molecular weight is 1120 g/mol. The van der Waals surface area contributed by atoms with Gasteiger partial charge in [-0.15, -0.1) is 0 Å². The maximum absolute atomic E-state index is 14.9. The van der Waals surface area contributed by atoms with Crippen molar-refractivity contribution in [3.8, 4) is 0 Å². The molecule has 79 heavy (non-hydrogen) atoms. The Morgan fingerprint density at radius 1 is 0.646 bits per heavy atom. The first-order valence-corrected chi connectivity index (χ1v) is 32.2. The molecular weight excluding hydrogens is 999 g/mol. The standard InChI is InChI=1S/C64H121F4N11/c1-14-51(6)62-47-75(10)35-34-73(8)36-37-77(12)59(40-53-20-16-15-17-21-53)46-74(9)33-30-69-55(25-23-54-24-26-60(61(65)41-54)64(66,67)68)45-79-31-18-22-56(79)44-72-63(28-19-29-63)48-78(13)58(39-50(4)5)42-70-52(7)27-32-76(11)57(43-71-62)38-49(2)3/h24,26,41,49-53,55-59,62,69-72H,14-23,25,27-40,42-48H2,1-13H3/t51-,52+,55-,56-,57-,58-,59-,62+/m0/s1. The quantitative estimate of drug-likeness (QED) is 0.160. The highest BCUT2D eigenvalue weighted by molar-refractivity contribution is 5.26. The summed E-state index contributed by atoms with van der Waals surface area (Å²) >= 11 is 0. The maximum atomic E-state index is 14.9. The molecule has 2 aliphatic heterocycles. The second-order valence-corrected chi connectivity index (χ2v) is 27.5. The minimum absolute atomic E-state index is 0.111. The number of nitrogens with one attached hydrogen (secondary N) is 4. The van der Waals surface area contributed by atoms with E-state index >= 15 is 0 Å². The zero-order valence-electron chi connectivity index (χ0n) is 52.9. The third kappa shape index (κ3) is 24.2. The summed E-state index contributed by atoms with van der Waals surface area (Å²) in [7, 11) is 14.0.